The Labute approximate surface area is 229 Å². The first-order chi connectivity index (χ1) is 17.9. The van der Waals surface area contributed by atoms with E-state index in [1.807, 2.05) is 33.9 Å². The second-order valence-corrected chi connectivity index (χ2v) is 9.88. The fourth-order valence-corrected chi connectivity index (χ4v) is 3.33. The van der Waals surface area contributed by atoms with Gasteiger partial charge >= 0.3 is 6.03 Å². The normalized spacial score (nSPS) is 15.6. The minimum Gasteiger partial charge on any atom is -0.344 e. The summed E-state index contributed by atoms with van der Waals surface area (Å²) < 4.78 is 0. The third kappa shape index (κ3) is 14.5. The molecule has 1 heterocycles. The van der Waals surface area contributed by atoms with E-state index in [2.05, 4.69) is 47.6 Å². The van der Waals surface area contributed by atoms with Crippen molar-refractivity contribution in [2.45, 2.75) is 91.3 Å². The highest BCUT2D eigenvalue weighted by molar-refractivity contribution is 6.28. The molecule has 10 nitrogen and oxygen atoms in total. The molecule has 0 saturated carbocycles. The molecule has 4 N–H and O–H groups in total. The number of aldehydes is 1. The number of carbonyl (C=O) groups excluding carboxylic acids is 5. The number of likely N-dealkylation sites (N-methyl/N-ethyl adjacent to an activating group) is 1. The summed E-state index contributed by atoms with van der Waals surface area (Å²) in [6.07, 6.45) is 11.2. The van der Waals surface area contributed by atoms with Crippen LogP contribution in [0.4, 0.5) is 4.79 Å². The van der Waals surface area contributed by atoms with Gasteiger partial charge in [0.2, 0.25) is 17.6 Å². The lowest BCUT2D eigenvalue weighted by Gasteiger charge is -2.35. The number of rotatable bonds is 11. The number of amides is 4. The molecule has 4 amide bonds. The largest absolute Gasteiger partial charge is 0.344 e. The Balaban J connectivity index is 0. The van der Waals surface area contributed by atoms with E-state index in [9.17, 15) is 24.0 Å². The summed E-state index contributed by atoms with van der Waals surface area (Å²) in [5.74, 6) is 0.719. The molecule has 1 aliphatic rings. The second-order valence-electron chi connectivity index (χ2n) is 9.88. The van der Waals surface area contributed by atoms with Crippen LogP contribution in [-0.2, 0) is 19.2 Å². The molecule has 38 heavy (non-hydrogen) atoms. The lowest BCUT2D eigenvalue weighted by molar-refractivity contribution is -0.142. The number of nitrogens with one attached hydrogen (secondary N) is 4. The minimum absolute atomic E-state index is 0.142. The number of unbranched alkanes of at least 4 members (excludes halogenated alkanes) is 1. The van der Waals surface area contributed by atoms with Gasteiger partial charge in [0.15, 0.2) is 6.29 Å². The number of ketones is 1. The molecule has 0 spiro atoms. The van der Waals surface area contributed by atoms with Crippen molar-refractivity contribution >= 4 is 29.9 Å². The topological polar surface area (TPSA) is 137 Å². The van der Waals surface area contributed by atoms with Crippen molar-refractivity contribution in [3.05, 3.63) is 12.7 Å². The van der Waals surface area contributed by atoms with Crippen molar-refractivity contribution in [3.63, 3.8) is 0 Å². The quantitative estimate of drug-likeness (QED) is 0.139. The zero-order valence-electron chi connectivity index (χ0n) is 24.3. The summed E-state index contributed by atoms with van der Waals surface area (Å²) in [6.45, 7) is 14.6. The monoisotopic (exact) mass is 535 g/mol. The minimum atomic E-state index is -1.02. The molecule has 0 aromatic rings. The Bertz CT molecular complexity index is 798. The summed E-state index contributed by atoms with van der Waals surface area (Å²) in [7, 11) is 3.34. The number of terminal acetylenes is 1. The predicted molar refractivity (Wildman–Crippen MR) is 151 cm³/mol. The van der Waals surface area contributed by atoms with Gasteiger partial charge in [0.1, 0.15) is 12.1 Å². The van der Waals surface area contributed by atoms with Crippen LogP contribution >= 0.6 is 0 Å². The van der Waals surface area contributed by atoms with Crippen molar-refractivity contribution in [1.29, 1.82) is 0 Å². The molecular formula is C28H49N5O5. The van der Waals surface area contributed by atoms with E-state index < -0.39 is 41.3 Å². The van der Waals surface area contributed by atoms with Crippen molar-refractivity contribution < 1.29 is 24.0 Å². The van der Waals surface area contributed by atoms with Crippen LogP contribution in [0.5, 0.6) is 0 Å². The standard InChI is InChI=1S/C20H30N4O5.C4H9N.C4H10/c1-6-7-9-13(15(26)12-25)22-17(27)14-10-8-11-24(14)18(28)16(20(2,3)4)23-19(29)21-5;1-3-4-5-2;1-3-4-2/h1,12-14,16H,7-11H2,2-5H3,(H,22,27)(H2,21,23,29);3,5H,1,4H2,2H3;3-4H2,1-2H3. The van der Waals surface area contributed by atoms with Crippen molar-refractivity contribution in [3.8, 4) is 12.3 Å². The third-order valence-electron chi connectivity index (χ3n) is 5.66. The van der Waals surface area contributed by atoms with E-state index in [0.717, 1.165) is 6.54 Å². The molecule has 3 atom stereocenters. The van der Waals surface area contributed by atoms with E-state index in [4.69, 9.17) is 6.42 Å². The Hall–Kier alpha value is -3.19. The molecule has 0 aromatic carbocycles. The number of hydrogen-bond acceptors (Lipinski definition) is 6. The average molecular weight is 536 g/mol. The molecule has 0 bridgehead atoms. The van der Waals surface area contributed by atoms with Gasteiger partial charge in [0.25, 0.3) is 0 Å². The van der Waals surface area contributed by atoms with Gasteiger partial charge < -0.3 is 26.2 Å². The first-order valence-electron chi connectivity index (χ1n) is 13.2. The van der Waals surface area contributed by atoms with Crippen LogP contribution in [-0.4, -0.2) is 80.1 Å². The SMILES string of the molecule is C#CCCC(NC(=O)C1CCCN1C(=O)C(NC(=O)NC)C(C)(C)C)C(=O)C=O.C=CCNC.CCCC. The van der Waals surface area contributed by atoms with Crippen molar-refractivity contribution in [2.75, 3.05) is 27.2 Å². The van der Waals surface area contributed by atoms with E-state index in [1.165, 1.54) is 24.8 Å². The Morgan fingerprint density at radius 2 is 1.74 bits per heavy atom. The van der Waals surface area contributed by atoms with Crippen LogP contribution < -0.4 is 21.3 Å². The number of carbonyl (C=O) groups is 5. The molecule has 216 valence electrons. The van der Waals surface area contributed by atoms with Crippen LogP contribution in [0.3, 0.4) is 0 Å². The molecular weight excluding hydrogens is 486 g/mol. The van der Waals surface area contributed by atoms with Gasteiger partial charge in [0.05, 0.1) is 6.04 Å². The summed E-state index contributed by atoms with van der Waals surface area (Å²) in [5.41, 5.74) is -0.587. The predicted octanol–water partition coefficient (Wildman–Crippen LogP) is 2.19. The number of Topliss-reactive ketones (excluding diaryl/α,β-unsaturated/α-hetero) is 1. The first kappa shape index (κ1) is 37.0. The lowest BCUT2D eigenvalue weighted by atomic mass is 9.85. The maximum Gasteiger partial charge on any atom is 0.315 e. The average Bonchev–Trinajstić information content (AvgIpc) is 3.39. The molecule has 10 heteroatoms. The van der Waals surface area contributed by atoms with Gasteiger partial charge in [-0.15, -0.1) is 18.9 Å². The van der Waals surface area contributed by atoms with Crippen molar-refractivity contribution in [1.82, 2.24) is 26.2 Å². The van der Waals surface area contributed by atoms with Crippen LogP contribution in [0, 0.1) is 17.8 Å². The maximum absolute atomic E-state index is 13.2. The fraction of sp³-hybridized carbons (Fsp3) is 0.679. The van der Waals surface area contributed by atoms with E-state index in [1.54, 1.807) is 0 Å². The van der Waals surface area contributed by atoms with Gasteiger partial charge in [-0.25, -0.2) is 4.79 Å². The number of likely N-dealkylation sites (tertiary alicyclic amines) is 1. The summed E-state index contributed by atoms with van der Waals surface area (Å²) in [4.78, 5) is 61.8. The maximum atomic E-state index is 13.2. The highest BCUT2D eigenvalue weighted by atomic mass is 16.2. The summed E-state index contributed by atoms with van der Waals surface area (Å²) in [5, 5.41) is 10.5. The zero-order valence-corrected chi connectivity index (χ0v) is 24.3. The fourth-order valence-electron chi connectivity index (χ4n) is 3.33. The molecule has 0 radical (unpaired) electrons. The highest BCUT2D eigenvalue weighted by Gasteiger charge is 2.42. The zero-order chi connectivity index (χ0) is 29.7. The smallest absolute Gasteiger partial charge is 0.315 e. The van der Waals surface area contributed by atoms with E-state index in [-0.39, 0.29) is 25.0 Å². The van der Waals surface area contributed by atoms with Crippen LogP contribution in [0.2, 0.25) is 0 Å². The molecule has 0 aromatic heterocycles. The number of nitrogens with zero attached hydrogens (tertiary/aromatic N) is 1. The number of hydrogen-bond donors (Lipinski definition) is 4. The van der Waals surface area contributed by atoms with Crippen LogP contribution in [0.15, 0.2) is 12.7 Å². The second kappa shape index (κ2) is 20.8. The van der Waals surface area contributed by atoms with Gasteiger partial charge in [-0.3, -0.25) is 19.2 Å². The van der Waals surface area contributed by atoms with E-state index in [0.29, 0.717) is 19.4 Å². The molecule has 3 unspecified atom stereocenters. The van der Waals surface area contributed by atoms with Gasteiger partial charge in [-0.05, 0) is 31.7 Å². The summed E-state index contributed by atoms with van der Waals surface area (Å²) in [6, 6.07) is -3.14. The molecule has 1 saturated heterocycles. The van der Waals surface area contributed by atoms with Gasteiger partial charge in [0, 0.05) is 26.6 Å². The number of urea groups is 1. The molecule has 1 rings (SSSR count). The van der Waals surface area contributed by atoms with E-state index >= 15 is 0 Å². The Morgan fingerprint density at radius 3 is 2.13 bits per heavy atom. The molecule has 0 aliphatic carbocycles. The molecule has 1 aliphatic heterocycles. The van der Waals surface area contributed by atoms with Crippen LogP contribution in [0.25, 0.3) is 0 Å². The van der Waals surface area contributed by atoms with Crippen LogP contribution in [0.1, 0.15) is 73.1 Å². The lowest BCUT2D eigenvalue weighted by Crippen LogP contribution is -2.59. The third-order valence-corrected chi connectivity index (χ3v) is 5.66. The molecule has 1 fully saturated rings. The Morgan fingerprint density at radius 1 is 1.13 bits per heavy atom. The van der Waals surface area contributed by atoms with Gasteiger partial charge in [-0.1, -0.05) is 53.5 Å². The van der Waals surface area contributed by atoms with Crippen molar-refractivity contribution in [2.24, 2.45) is 5.41 Å². The highest BCUT2D eigenvalue weighted by Crippen LogP contribution is 2.26. The van der Waals surface area contributed by atoms with Gasteiger partial charge in [-0.2, -0.15) is 0 Å². The summed E-state index contributed by atoms with van der Waals surface area (Å²) >= 11 is 0. The first-order valence-corrected chi connectivity index (χ1v) is 13.2. The Kier molecular flexibility index (Phi) is 20.3.